The van der Waals surface area contributed by atoms with E-state index in [4.69, 9.17) is 4.74 Å². The van der Waals surface area contributed by atoms with Gasteiger partial charge < -0.3 is 4.74 Å². The van der Waals surface area contributed by atoms with E-state index in [1.165, 1.54) is 48.8 Å². The Balaban J connectivity index is 1.94. The third kappa shape index (κ3) is 1.38. The molecular weight excluding hydrogens is 152 g/mol. The average Bonchev–Trinajstić information content (AvgIpc) is 1.83. The molecule has 1 heterocycles. The van der Waals surface area contributed by atoms with Crippen LogP contribution in [0.3, 0.4) is 0 Å². The molecule has 0 radical (unpaired) electrons. The highest BCUT2D eigenvalue weighted by atomic mass is 28.1. The second kappa shape index (κ2) is 2.90. The molecule has 1 saturated carbocycles. The average molecular weight is 170 g/mol. The topological polar surface area (TPSA) is 9.23 Å². The van der Waals surface area contributed by atoms with Crippen molar-refractivity contribution in [3.63, 3.8) is 0 Å². The number of hydrogen-bond acceptors (Lipinski definition) is 1. The van der Waals surface area contributed by atoms with E-state index in [2.05, 4.69) is 0 Å². The van der Waals surface area contributed by atoms with Crippen LogP contribution in [-0.2, 0) is 4.74 Å². The summed E-state index contributed by atoms with van der Waals surface area (Å²) < 4.78 is 5.93. The molecule has 1 aliphatic heterocycles. The zero-order chi connectivity index (χ0) is 7.73. The monoisotopic (exact) mass is 170 g/mol. The predicted octanol–water partition coefficient (Wildman–Crippen LogP) is 1.05. The van der Waals surface area contributed by atoms with Crippen molar-refractivity contribution in [1.82, 2.24) is 0 Å². The van der Waals surface area contributed by atoms with Gasteiger partial charge in [0.05, 0.1) is 5.22 Å². The third-order valence-corrected chi connectivity index (χ3v) is 5.07. The number of ether oxygens (including phenoxy) is 1. The smallest absolute Gasteiger partial charge is 0.0513 e. The summed E-state index contributed by atoms with van der Waals surface area (Å²) in [6.45, 7) is 1.04. The van der Waals surface area contributed by atoms with Crippen LogP contribution in [-0.4, -0.2) is 22.1 Å². The van der Waals surface area contributed by atoms with E-state index in [1.54, 1.807) is 0 Å². The Kier molecular flexibility index (Phi) is 2.06. The minimum atomic E-state index is 0.413. The molecule has 0 spiro atoms. The minimum absolute atomic E-state index is 0.413. The Labute approximate surface area is 71.9 Å². The SMILES string of the molecule is [SiH3]C1(C2CCC2)CCCCO1. The standard InChI is InChI=1S/C9H18OSi/c11-9(8-4-3-5-8)6-1-2-7-10-9/h8H,1-7H2,11H3. The van der Waals surface area contributed by atoms with E-state index in [0.717, 1.165) is 12.5 Å². The normalized spacial score (nSPS) is 40.4. The first-order chi connectivity index (χ1) is 5.31. The maximum atomic E-state index is 5.93. The molecule has 0 aromatic heterocycles. The molecule has 11 heavy (non-hydrogen) atoms. The van der Waals surface area contributed by atoms with E-state index in [-0.39, 0.29) is 0 Å². The van der Waals surface area contributed by atoms with Gasteiger partial charge in [-0.2, -0.15) is 0 Å². The fraction of sp³-hybridized carbons (Fsp3) is 1.00. The van der Waals surface area contributed by atoms with Crippen LogP contribution in [0.4, 0.5) is 0 Å². The Hall–Kier alpha value is 0.177. The molecule has 1 aliphatic carbocycles. The summed E-state index contributed by atoms with van der Waals surface area (Å²) in [5, 5.41) is 0.413. The van der Waals surface area contributed by atoms with Crippen LogP contribution in [0.1, 0.15) is 38.5 Å². The molecular formula is C9H18OSi. The molecule has 0 aromatic rings. The molecule has 2 heteroatoms. The molecule has 1 unspecified atom stereocenters. The molecule has 2 fully saturated rings. The van der Waals surface area contributed by atoms with Crippen molar-refractivity contribution in [1.29, 1.82) is 0 Å². The Morgan fingerprint density at radius 3 is 2.45 bits per heavy atom. The Bertz CT molecular complexity index is 136. The summed E-state index contributed by atoms with van der Waals surface area (Å²) in [6, 6.07) is 0. The van der Waals surface area contributed by atoms with Crippen molar-refractivity contribution in [3.05, 3.63) is 0 Å². The lowest BCUT2D eigenvalue weighted by Crippen LogP contribution is -2.46. The summed E-state index contributed by atoms with van der Waals surface area (Å²) in [6.07, 6.45) is 8.44. The second-order valence-electron chi connectivity index (χ2n) is 4.25. The van der Waals surface area contributed by atoms with Gasteiger partial charge in [-0.25, -0.2) is 0 Å². The summed E-state index contributed by atoms with van der Waals surface area (Å²) in [5.74, 6) is 0.953. The summed E-state index contributed by atoms with van der Waals surface area (Å²) >= 11 is 0. The lowest BCUT2D eigenvalue weighted by Gasteiger charge is -2.45. The highest BCUT2D eigenvalue weighted by molar-refractivity contribution is 6.14. The van der Waals surface area contributed by atoms with Gasteiger partial charge in [0, 0.05) is 16.8 Å². The van der Waals surface area contributed by atoms with Gasteiger partial charge in [-0.05, 0) is 38.0 Å². The Morgan fingerprint density at radius 1 is 1.18 bits per heavy atom. The first-order valence-electron chi connectivity index (χ1n) is 4.95. The van der Waals surface area contributed by atoms with Gasteiger partial charge in [-0.15, -0.1) is 0 Å². The molecule has 0 aromatic carbocycles. The number of hydrogen-bond donors (Lipinski definition) is 0. The van der Waals surface area contributed by atoms with Crippen molar-refractivity contribution in [2.75, 3.05) is 6.61 Å². The van der Waals surface area contributed by atoms with Crippen molar-refractivity contribution >= 4 is 10.2 Å². The molecule has 0 bridgehead atoms. The minimum Gasteiger partial charge on any atom is -0.379 e. The first-order valence-corrected chi connectivity index (χ1v) is 5.95. The lowest BCUT2D eigenvalue weighted by molar-refractivity contribution is -0.0764. The fourth-order valence-electron chi connectivity index (χ4n) is 2.30. The zero-order valence-electron chi connectivity index (χ0n) is 7.44. The fourth-order valence-corrected chi connectivity index (χ4v) is 3.43. The van der Waals surface area contributed by atoms with Crippen LogP contribution in [0.5, 0.6) is 0 Å². The molecule has 0 N–H and O–H groups in total. The van der Waals surface area contributed by atoms with Gasteiger partial charge >= 0.3 is 0 Å². The highest BCUT2D eigenvalue weighted by Crippen LogP contribution is 2.41. The van der Waals surface area contributed by atoms with Crippen molar-refractivity contribution in [3.8, 4) is 0 Å². The van der Waals surface area contributed by atoms with E-state index < -0.39 is 0 Å². The summed E-state index contributed by atoms with van der Waals surface area (Å²) in [7, 11) is 1.25. The highest BCUT2D eigenvalue weighted by Gasteiger charge is 2.39. The maximum Gasteiger partial charge on any atom is 0.0513 e. The van der Waals surface area contributed by atoms with Gasteiger partial charge in [0.2, 0.25) is 0 Å². The molecule has 2 rings (SSSR count). The Morgan fingerprint density at radius 2 is 2.00 bits per heavy atom. The van der Waals surface area contributed by atoms with E-state index in [0.29, 0.717) is 5.22 Å². The molecule has 1 saturated heterocycles. The van der Waals surface area contributed by atoms with Crippen LogP contribution in [0.25, 0.3) is 0 Å². The van der Waals surface area contributed by atoms with Gasteiger partial charge in [-0.1, -0.05) is 6.42 Å². The van der Waals surface area contributed by atoms with E-state index in [1.807, 2.05) is 0 Å². The molecule has 1 atom stereocenters. The third-order valence-electron chi connectivity index (χ3n) is 3.47. The van der Waals surface area contributed by atoms with E-state index in [9.17, 15) is 0 Å². The quantitative estimate of drug-likeness (QED) is 0.535. The van der Waals surface area contributed by atoms with Crippen LogP contribution in [0, 0.1) is 5.92 Å². The van der Waals surface area contributed by atoms with Crippen molar-refractivity contribution < 1.29 is 4.74 Å². The van der Waals surface area contributed by atoms with Gasteiger partial charge in [0.15, 0.2) is 0 Å². The van der Waals surface area contributed by atoms with Crippen molar-refractivity contribution in [2.24, 2.45) is 5.92 Å². The van der Waals surface area contributed by atoms with Crippen LogP contribution >= 0.6 is 0 Å². The predicted molar refractivity (Wildman–Crippen MR) is 49.8 cm³/mol. The number of rotatable bonds is 1. The van der Waals surface area contributed by atoms with Crippen LogP contribution < -0.4 is 0 Å². The van der Waals surface area contributed by atoms with Crippen LogP contribution in [0.2, 0.25) is 0 Å². The maximum absolute atomic E-state index is 5.93. The second-order valence-corrected chi connectivity index (χ2v) is 5.94. The summed E-state index contributed by atoms with van der Waals surface area (Å²) in [4.78, 5) is 0. The lowest BCUT2D eigenvalue weighted by atomic mass is 9.78. The van der Waals surface area contributed by atoms with Crippen molar-refractivity contribution in [2.45, 2.75) is 43.7 Å². The molecule has 0 amide bonds. The molecule has 2 aliphatic rings. The van der Waals surface area contributed by atoms with Crippen LogP contribution in [0.15, 0.2) is 0 Å². The van der Waals surface area contributed by atoms with Gasteiger partial charge in [0.25, 0.3) is 0 Å². The summed E-state index contributed by atoms with van der Waals surface area (Å²) in [5.41, 5.74) is 0. The van der Waals surface area contributed by atoms with Gasteiger partial charge in [-0.3, -0.25) is 0 Å². The zero-order valence-corrected chi connectivity index (χ0v) is 9.44. The van der Waals surface area contributed by atoms with Gasteiger partial charge in [0.1, 0.15) is 0 Å². The van der Waals surface area contributed by atoms with E-state index >= 15 is 0 Å². The molecule has 64 valence electrons. The first kappa shape index (κ1) is 7.81. The molecule has 1 nitrogen and oxygen atoms in total. The largest absolute Gasteiger partial charge is 0.379 e.